The van der Waals surface area contributed by atoms with Crippen LogP contribution in [0.4, 0.5) is 0 Å². The third-order valence-electron chi connectivity index (χ3n) is 3.42. The lowest BCUT2D eigenvalue weighted by atomic mass is 9.94. The van der Waals surface area contributed by atoms with Crippen LogP contribution in [-0.2, 0) is 19.1 Å². The Morgan fingerprint density at radius 2 is 1.90 bits per heavy atom. The average Bonchev–Trinajstić information content (AvgIpc) is 2.69. The minimum Gasteiger partial charge on any atom is -0.466 e. The van der Waals surface area contributed by atoms with Crippen molar-refractivity contribution in [3.05, 3.63) is 11.6 Å². The van der Waals surface area contributed by atoms with Gasteiger partial charge < -0.3 is 9.47 Å². The lowest BCUT2D eigenvalue weighted by Gasteiger charge is -2.18. The van der Waals surface area contributed by atoms with Crippen molar-refractivity contribution in [2.24, 2.45) is 11.8 Å². The van der Waals surface area contributed by atoms with Gasteiger partial charge in [-0.3, -0.25) is 4.79 Å². The first kappa shape index (κ1) is 16.7. The summed E-state index contributed by atoms with van der Waals surface area (Å²) in [5.74, 6) is -0.324. The van der Waals surface area contributed by atoms with E-state index in [-0.39, 0.29) is 23.8 Å². The molecular weight excluding hydrogens is 256 g/mol. The third kappa shape index (κ3) is 4.99. The molecule has 1 aliphatic rings. The lowest BCUT2D eigenvalue weighted by molar-refractivity contribution is -0.150. The van der Waals surface area contributed by atoms with Crippen molar-refractivity contribution in [2.75, 3.05) is 6.61 Å². The van der Waals surface area contributed by atoms with Crippen LogP contribution in [-0.4, -0.2) is 24.1 Å². The van der Waals surface area contributed by atoms with Gasteiger partial charge in [0.25, 0.3) is 0 Å². The Bertz CT molecular complexity index is 390. The molecule has 2 unspecified atom stereocenters. The van der Waals surface area contributed by atoms with Gasteiger partial charge in [0.2, 0.25) is 0 Å². The van der Waals surface area contributed by atoms with Gasteiger partial charge in [-0.2, -0.15) is 0 Å². The summed E-state index contributed by atoms with van der Waals surface area (Å²) < 4.78 is 10.4. The van der Waals surface area contributed by atoms with Gasteiger partial charge in [-0.05, 0) is 46.5 Å². The summed E-state index contributed by atoms with van der Waals surface area (Å²) in [6.07, 6.45) is 3.85. The van der Waals surface area contributed by atoms with E-state index in [0.29, 0.717) is 13.0 Å². The zero-order valence-electron chi connectivity index (χ0n) is 13.2. The highest BCUT2D eigenvalue weighted by atomic mass is 16.6. The summed E-state index contributed by atoms with van der Waals surface area (Å²) in [6.45, 7) is 9.80. The van der Waals surface area contributed by atoms with Gasteiger partial charge in [0.05, 0.1) is 12.5 Å². The summed E-state index contributed by atoms with van der Waals surface area (Å²) >= 11 is 0. The molecule has 0 N–H and O–H groups in total. The number of hydrogen-bond acceptors (Lipinski definition) is 4. The van der Waals surface area contributed by atoms with Crippen molar-refractivity contribution in [3.8, 4) is 0 Å². The van der Waals surface area contributed by atoms with Crippen LogP contribution in [0.3, 0.4) is 0 Å². The molecule has 0 spiro atoms. The summed E-state index contributed by atoms with van der Waals surface area (Å²) in [5, 5.41) is 0. The van der Waals surface area contributed by atoms with Crippen LogP contribution < -0.4 is 0 Å². The van der Waals surface area contributed by atoms with Gasteiger partial charge in [0.15, 0.2) is 0 Å². The van der Waals surface area contributed by atoms with Gasteiger partial charge >= 0.3 is 11.9 Å². The Morgan fingerprint density at radius 1 is 1.25 bits per heavy atom. The molecule has 1 fully saturated rings. The van der Waals surface area contributed by atoms with Crippen molar-refractivity contribution in [1.29, 1.82) is 0 Å². The molecule has 114 valence electrons. The van der Waals surface area contributed by atoms with E-state index in [9.17, 15) is 9.59 Å². The minimum absolute atomic E-state index is 0.117. The van der Waals surface area contributed by atoms with E-state index in [2.05, 4.69) is 6.92 Å². The SMILES string of the molecule is CCOC(=O)C1CC(=CC(=O)OC(C)(C)C)CC1CC. The number of allylic oxidation sites excluding steroid dienone is 1. The highest BCUT2D eigenvalue weighted by Gasteiger charge is 2.36. The first-order valence-corrected chi connectivity index (χ1v) is 7.35. The predicted molar refractivity (Wildman–Crippen MR) is 77.1 cm³/mol. The number of rotatable bonds is 4. The van der Waals surface area contributed by atoms with Crippen molar-refractivity contribution in [1.82, 2.24) is 0 Å². The fourth-order valence-electron chi connectivity index (χ4n) is 2.58. The average molecular weight is 282 g/mol. The monoisotopic (exact) mass is 282 g/mol. The first-order chi connectivity index (χ1) is 9.26. The van der Waals surface area contributed by atoms with Gasteiger partial charge in [-0.15, -0.1) is 0 Å². The van der Waals surface area contributed by atoms with Crippen LogP contribution in [0, 0.1) is 11.8 Å². The topological polar surface area (TPSA) is 52.6 Å². The quantitative estimate of drug-likeness (QED) is 0.586. The second-order valence-corrected chi connectivity index (χ2v) is 6.27. The Labute approximate surface area is 121 Å². The van der Waals surface area contributed by atoms with Crippen LogP contribution in [0.5, 0.6) is 0 Å². The fourth-order valence-corrected chi connectivity index (χ4v) is 2.58. The van der Waals surface area contributed by atoms with E-state index in [0.717, 1.165) is 18.4 Å². The Morgan fingerprint density at radius 3 is 2.40 bits per heavy atom. The maximum absolute atomic E-state index is 11.9. The predicted octanol–water partition coefficient (Wildman–Crippen LogP) is 3.25. The van der Waals surface area contributed by atoms with Crippen molar-refractivity contribution < 1.29 is 19.1 Å². The Balaban J connectivity index is 2.71. The Hall–Kier alpha value is -1.32. The molecule has 0 bridgehead atoms. The van der Waals surface area contributed by atoms with Crippen LogP contribution in [0.15, 0.2) is 11.6 Å². The molecule has 0 radical (unpaired) electrons. The van der Waals surface area contributed by atoms with Crippen molar-refractivity contribution in [3.63, 3.8) is 0 Å². The smallest absolute Gasteiger partial charge is 0.331 e. The van der Waals surface area contributed by atoms with Crippen molar-refractivity contribution in [2.45, 2.75) is 59.5 Å². The van der Waals surface area contributed by atoms with E-state index >= 15 is 0 Å². The van der Waals surface area contributed by atoms with E-state index in [4.69, 9.17) is 9.47 Å². The van der Waals surface area contributed by atoms with E-state index in [1.807, 2.05) is 27.7 Å². The zero-order chi connectivity index (χ0) is 15.3. The van der Waals surface area contributed by atoms with E-state index in [1.165, 1.54) is 0 Å². The van der Waals surface area contributed by atoms with E-state index < -0.39 is 5.60 Å². The van der Waals surface area contributed by atoms with E-state index in [1.54, 1.807) is 6.08 Å². The maximum Gasteiger partial charge on any atom is 0.331 e. The lowest BCUT2D eigenvalue weighted by Crippen LogP contribution is -2.22. The largest absolute Gasteiger partial charge is 0.466 e. The summed E-state index contributed by atoms with van der Waals surface area (Å²) in [6, 6.07) is 0. The van der Waals surface area contributed by atoms with Gasteiger partial charge in [-0.25, -0.2) is 4.79 Å². The van der Waals surface area contributed by atoms with Crippen LogP contribution >= 0.6 is 0 Å². The molecule has 0 aromatic rings. The molecule has 20 heavy (non-hydrogen) atoms. The number of esters is 2. The number of carbonyl (C=O) groups excluding carboxylic acids is 2. The molecule has 1 rings (SSSR count). The maximum atomic E-state index is 11.9. The van der Waals surface area contributed by atoms with Crippen molar-refractivity contribution >= 4 is 11.9 Å². The molecular formula is C16H26O4. The standard InChI is InChI=1S/C16H26O4/c1-6-12-8-11(9-13(12)15(18)19-7-2)10-14(17)20-16(3,4)5/h10,12-13H,6-9H2,1-5H3. The zero-order valence-corrected chi connectivity index (χ0v) is 13.2. The molecule has 1 aliphatic carbocycles. The molecule has 0 aliphatic heterocycles. The molecule has 0 amide bonds. The summed E-state index contributed by atoms with van der Waals surface area (Å²) in [5.41, 5.74) is 0.501. The van der Waals surface area contributed by atoms with Gasteiger partial charge in [-0.1, -0.05) is 18.9 Å². The molecule has 2 atom stereocenters. The summed E-state index contributed by atoms with van der Waals surface area (Å²) in [7, 11) is 0. The molecule has 4 nitrogen and oxygen atoms in total. The highest BCUT2D eigenvalue weighted by Crippen LogP contribution is 2.38. The fraction of sp³-hybridized carbons (Fsp3) is 0.750. The molecule has 0 aromatic heterocycles. The second-order valence-electron chi connectivity index (χ2n) is 6.27. The second kappa shape index (κ2) is 6.91. The number of carbonyl (C=O) groups is 2. The first-order valence-electron chi connectivity index (χ1n) is 7.35. The highest BCUT2D eigenvalue weighted by molar-refractivity contribution is 5.84. The molecule has 0 saturated heterocycles. The van der Waals surface area contributed by atoms with Crippen LogP contribution in [0.2, 0.25) is 0 Å². The molecule has 4 heteroatoms. The van der Waals surface area contributed by atoms with Crippen LogP contribution in [0.1, 0.15) is 53.9 Å². The Kier molecular flexibility index (Phi) is 5.78. The molecule has 0 heterocycles. The minimum atomic E-state index is -0.489. The number of hydrogen-bond donors (Lipinski definition) is 0. The molecule has 0 aromatic carbocycles. The third-order valence-corrected chi connectivity index (χ3v) is 3.42. The van der Waals surface area contributed by atoms with Crippen LogP contribution in [0.25, 0.3) is 0 Å². The summed E-state index contributed by atoms with van der Waals surface area (Å²) in [4.78, 5) is 23.7. The van der Waals surface area contributed by atoms with Gasteiger partial charge in [0, 0.05) is 6.08 Å². The molecule has 1 saturated carbocycles. The number of ether oxygens (including phenoxy) is 2. The van der Waals surface area contributed by atoms with Gasteiger partial charge in [0.1, 0.15) is 5.60 Å². The normalized spacial score (nSPS) is 24.8.